The molecule has 0 saturated carbocycles. The van der Waals surface area contributed by atoms with E-state index in [9.17, 15) is 0 Å². The van der Waals surface area contributed by atoms with Crippen LogP contribution in [0.2, 0.25) is 0 Å². The van der Waals surface area contributed by atoms with Crippen molar-refractivity contribution in [2.24, 2.45) is 5.41 Å². The molecule has 0 heterocycles. The van der Waals surface area contributed by atoms with Crippen molar-refractivity contribution in [3.8, 4) is 0 Å². The van der Waals surface area contributed by atoms with E-state index < -0.39 is 0 Å². The van der Waals surface area contributed by atoms with E-state index in [0.717, 1.165) is 6.42 Å². The van der Waals surface area contributed by atoms with Crippen LogP contribution in [0.15, 0.2) is 24.3 Å². The van der Waals surface area contributed by atoms with E-state index in [1.165, 1.54) is 5.56 Å². The summed E-state index contributed by atoms with van der Waals surface area (Å²) < 4.78 is 0. The van der Waals surface area contributed by atoms with Gasteiger partial charge in [0.15, 0.2) is 0 Å². The standard InChI is InChI=1S/C11H15.Y/c1-11(2,3)9-10-7-5-4-6-8-10;/h4-5,7-8H,9H2,1-3H3;/q-1;+3. The molecular formula is C11H15Y+2. The molecule has 1 aromatic rings. The zero-order valence-corrected chi connectivity index (χ0v) is 10.9. The van der Waals surface area contributed by atoms with Gasteiger partial charge in [-0.15, -0.1) is 0 Å². The molecule has 0 radical (unpaired) electrons. The van der Waals surface area contributed by atoms with Gasteiger partial charge < -0.3 is 0 Å². The molecule has 0 fully saturated rings. The molecule has 1 heteroatoms. The first-order chi connectivity index (χ1) is 5.08. The second kappa shape index (κ2) is 5.14. The van der Waals surface area contributed by atoms with Crippen LogP contribution in [-0.2, 0) is 39.1 Å². The van der Waals surface area contributed by atoms with Crippen molar-refractivity contribution in [3.63, 3.8) is 0 Å². The molecule has 0 aliphatic rings. The third kappa shape index (κ3) is 5.06. The summed E-state index contributed by atoms with van der Waals surface area (Å²) in [5, 5.41) is 0. The van der Waals surface area contributed by atoms with Gasteiger partial charge in [0.25, 0.3) is 0 Å². The number of benzene rings is 1. The van der Waals surface area contributed by atoms with Crippen LogP contribution in [0.1, 0.15) is 26.3 Å². The molecule has 0 unspecified atom stereocenters. The van der Waals surface area contributed by atoms with Crippen LogP contribution in [0.4, 0.5) is 0 Å². The van der Waals surface area contributed by atoms with Crippen molar-refractivity contribution >= 4 is 0 Å². The summed E-state index contributed by atoms with van der Waals surface area (Å²) in [4.78, 5) is 0. The fraction of sp³-hybridized carbons (Fsp3) is 0.455. The van der Waals surface area contributed by atoms with Crippen molar-refractivity contribution in [3.05, 3.63) is 35.9 Å². The van der Waals surface area contributed by atoms with Crippen molar-refractivity contribution in [2.75, 3.05) is 0 Å². The topological polar surface area (TPSA) is 0 Å². The van der Waals surface area contributed by atoms with Crippen molar-refractivity contribution < 1.29 is 32.7 Å². The summed E-state index contributed by atoms with van der Waals surface area (Å²) in [6.07, 6.45) is 1.13. The Kier molecular flexibility index (Phi) is 5.28. The van der Waals surface area contributed by atoms with E-state index in [4.69, 9.17) is 0 Å². The second-order valence-corrected chi connectivity index (χ2v) is 4.15. The molecule has 0 N–H and O–H groups in total. The maximum absolute atomic E-state index is 3.08. The Hall–Kier alpha value is 0.324. The van der Waals surface area contributed by atoms with Crippen molar-refractivity contribution in [1.29, 1.82) is 0 Å². The van der Waals surface area contributed by atoms with E-state index in [1.807, 2.05) is 12.1 Å². The van der Waals surface area contributed by atoms with Gasteiger partial charge in [-0.3, -0.25) is 0 Å². The molecule has 0 saturated heterocycles. The minimum atomic E-state index is 0. The molecule has 0 aromatic heterocycles. The molecule has 0 atom stereocenters. The van der Waals surface area contributed by atoms with Gasteiger partial charge in [-0.05, 0) is 5.41 Å². The van der Waals surface area contributed by atoms with Gasteiger partial charge in [0.05, 0.1) is 0 Å². The number of hydrogen-bond donors (Lipinski definition) is 0. The number of hydrogen-bond acceptors (Lipinski definition) is 0. The van der Waals surface area contributed by atoms with Gasteiger partial charge >= 0.3 is 32.7 Å². The van der Waals surface area contributed by atoms with E-state index in [1.54, 1.807) is 0 Å². The summed E-state index contributed by atoms with van der Waals surface area (Å²) in [5.74, 6) is 0. The van der Waals surface area contributed by atoms with Crippen LogP contribution >= 0.6 is 0 Å². The first-order valence-corrected chi connectivity index (χ1v) is 4.03. The smallest absolute Gasteiger partial charge is 0.184 e. The summed E-state index contributed by atoms with van der Waals surface area (Å²) in [6, 6.07) is 11.3. The predicted molar refractivity (Wildman–Crippen MR) is 48.4 cm³/mol. The number of rotatable bonds is 1. The molecule has 60 valence electrons. The second-order valence-electron chi connectivity index (χ2n) is 4.15. The fourth-order valence-corrected chi connectivity index (χ4v) is 1.15. The van der Waals surface area contributed by atoms with Gasteiger partial charge in [-0.2, -0.15) is 35.9 Å². The molecule has 0 aliphatic heterocycles. The van der Waals surface area contributed by atoms with Crippen LogP contribution in [0, 0.1) is 11.5 Å². The third-order valence-corrected chi connectivity index (χ3v) is 1.51. The predicted octanol–water partition coefficient (Wildman–Crippen LogP) is 3.07. The average Bonchev–Trinajstić information content (AvgIpc) is 1.85. The van der Waals surface area contributed by atoms with Gasteiger partial charge in [0.1, 0.15) is 0 Å². The van der Waals surface area contributed by atoms with Crippen LogP contribution in [0.25, 0.3) is 0 Å². The normalized spacial score (nSPS) is 10.6. The third-order valence-electron chi connectivity index (χ3n) is 1.51. The Morgan fingerprint density at radius 3 is 2.42 bits per heavy atom. The van der Waals surface area contributed by atoms with Gasteiger partial charge in [-0.25, -0.2) is 0 Å². The van der Waals surface area contributed by atoms with Crippen LogP contribution < -0.4 is 0 Å². The quantitative estimate of drug-likeness (QED) is 0.657. The van der Waals surface area contributed by atoms with E-state index in [0.29, 0.717) is 5.41 Å². The SMILES string of the molecule is CC(C)(C)Cc1c[c-]ccc1.[Y+3]. The molecule has 1 rings (SSSR count). The van der Waals surface area contributed by atoms with Crippen LogP contribution in [-0.4, -0.2) is 0 Å². The maximum atomic E-state index is 3.08. The fourth-order valence-electron chi connectivity index (χ4n) is 1.15. The largest absolute Gasteiger partial charge is 3.00 e. The summed E-state index contributed by atoms with van der Waals surface area (Å²) in [5.41, 5.74) is 1.76. The van der Waals surface area contributed by atoms with Crippen LogP contribution in [0.5, 0.6) is 0 Å². The molecule has 0 bridgehead atoms. The zero-order valence-electron chi connectivity index (χ0n) is 8.09. The molecule has 12 heavy (non-hydrogen) atoms. The summed E-state index contributed by atoms with van der Waals surface area (Å²) in [7, 11) is 0. The van der Waals surface area contributed by atoms with Gasteiger partial charge in [-0.1, -0.05) is 27.2 Å². The van der Waals surface area contributed by atoms with E-state index >= 15 is 0 Å². The Labute approximate surface area is 101 Å². The first-order valence-electron chi connectivity index (χ1n) is 4.03. The Balaban J connectivity index is 0.00000121. The maximum Gasteiger partial charge on any atom is 3.00 e. The Bertz CT molecular complexity index is 208. The minimum absolute atomic E-state index is 0. The van der Waals surface area contributed by atoms with Gasteiger partial charge in [0.2, 0.25) is 0 Å². The minimum Gasteiger partial charge on any atom is -0.184 e. The van der Waals surface area contributed by atoms with Gasteiger partial charge in [0, 0.05) is 0 Å². The molecule has 1 aromatic carbocycles. The molecular weight excluding hydrogens is 221 g/mol. The Morgan fingerprint density at radius 1 is 1.33 bits per heavy atom. The van der Waals surface area contributed by atoms with Crippen LogP contribution in [0.3, 0.4) is 0 Å². The molecule has 0 amide bonds. The summed E-state index contributed by atoms with van der Waals surface area (Å²) in [6.45, 7) is 6.75. The zero-order chi connectivity index (χ0) is 8.32. The molecule has 0 spiro atoms. The van der Waals surface area contributed by atoms with E-state index in [2.05, 4.69) is 39.0 Å². The van der Waals surface area contributed by atoms with E-state index in [-0.39, 0.29) is 32.7 Å². The Morgan fingerprint density at radius 2 is 2.00 bits per heavy atom. The monoisotopic (exact) mass is 236 g/mol. The first kappa shape index (κ1) is 12.3. The van der Waals surface area contributed by atoms with Crippen molar-refractivity contribution in [1.82, 2.24) is 0 Å². The molecule has 0 aliphatic carbocycles. The van der Waals surface area contributed by atoms with Crippen molar-refractivity contribution in [2.45, 2.75) is 27.2 Å². The molecule has 0 nitrogen and oxygen atoms in total. The summed E-state index contributed by atoms with van der Waals surface area (Å²) >= 11 is 0. The average molecular weight is 236 g/mol.